The van der Waals surface area contributed by atoms with E-state index in [1.54, 1.807) is 6.20 Å². The van der Waals surface area contributed by atoms with Crippen molar-refractivity contribution in [3.05, 3.63) is 46.7 Å². The molecule has 0 spiro atoms. The van der Waals surface area contributed by atoms with Gasteiger partial charge in [-0.15, -0.1) is 0 Å². The summed E-state index contributed by atoms with van der Waals surface area (Å²) in [6.45, 7) is 0. The molecule has 0 radical (unpaired) electrons. The van der Waals surface area contributed by atoms with E-state index < -0.39 is 0 Å². The lowest BCUT2D eigenvalue weighted by molar-refractivity contribution is 1.13. The van der Waals surface area contributed by atoms with Crippen LogP contribution in [0.1, 0.15) is 5.82 Å². The Morgan fingerprint density at radius 1 is 1.11 bits per heavy atom. The van der Waals surface area contributed by atoms with Crippen LogP contribution in [0.3, 0.4) is 0 Å². The number of allylic oxidation sites excluding steroid dienone is 4. The first kappa shape index (κ1) is 10.3. The molecule has 3 rings (SSSR count). The highest BCUT2D eigenvalue weighted by Gasteiger charge is 2.11. The van der Waals surface area contributed by atoms with Gasteiger partial charge in [-0.25, -0.2) is 4.98 Å². The number of aromatic nitrogens is 4. The SMILES string of the molecule is Nc1nc2nc(C3=CC=CC=CN3)[nH]c2c(=O)[nH]1. The van der Waals surface area contributed by atoms with Crippen LogP contribution in [0.25, 0.3) is 16.9 Å². The first-order valence-corrected chi connectivity index (χ1v) is 5.30. The second kappa shape index (κ2) is 3.88. The molecule has 0 fully saturated rings. The van der Waals surface area contributed by atoms with Gasteiger partial charge in [0.25, 0.3) is 5.56 Å². The smallest absolute Gasteiger partial charge is 0.278 e. The maximum absolute atomic E-state index is 11.6. The Balaban J connectivity index is 2.17. The summed E-state index contributed by atoms with van der Waals surface area (Å²) in [6, 6.07) is 0. The second-order valence-corrected chi connectivity index (χ2v) is 3.70. The predicted octanol–water partition coefficient (Wildman–Crippen LogP) is 0.242. The van der Waals surface area contributed by atoms with Crippen molar-refractivity contribution in [2.45, 2.75) is 0 Å². The largest absolute Gasteiger partial charge is 0.369 e. The number of nitrogen functional groups attached to an aromatic ring is 1. The molecule has 0 unspecified atom stereocenters. The maximum atomic E-state index is 11.6. The zero-order valence-electron chi connectivity index (χ0n) is 9.27. The molecule has 0 atom stereocenters. The third kappa shape index (κ3) is 1.67. The zero-order chi connectivity index (χ0) is 12.5. The van der Waals surface area contributed by atoms with Crippen LogP contribution in [0.5, 0.6) is 0 Å². The van der Waals surface area contributed by atoms with E-state index in [9.17, 15) is 4.79 Å². The fourth-order valence-electron chi connectivity index (χ4n) is 1.66. The normalized spacial score (nSPS) is 14.3. The van der Waals surface area contributed by atoms with Gasteiger partial charge in [0.2, 0.25) is 5.95 Å². The summed E-state index contributed by atoms with van der Waals surface area (Å²) >= 11 is 0. The molecule has 3 heterocycles. The summed E-state index contributed by atoms with van der Waals surface area (Å²) in [6.07, 6.45) is 9.22. The lowest BCUT2D eigenvalue weighted by atomic mass is 10.3. The van der Waals surface area contributed by atoms with Crippen molar-refractivity contribution in [2.75, 3.05) is 5.73 Å². The van der Waals surface area contributed by atoms with Crippen LogP contribution >= 0.6 is 0 Å². The van der Waals surface area contributed by atoms with Gasteiger partial charge in [-0.3, -0.25) is 9.78 Å². The lowest BCUT2D eigenvalue weighted by Gasteiger charge is -2.00. The molecule has 0 aliphatic carbocycles. The van der Waals surface area contributed by atoms with E-state index in [0.717, 1.165) is 5.70 Å². The molecule has 7 heteroatoms. The van der Waals surface area contributed by atoms with Crippen molar-refractivity contribution < 1.29 is 0 Å². The molecule has 0 saturated heterocycles. The molecule has 2 aromatic heterocycles. The molecule has 0 aromatic carbocycles. The van der Waals surface area contributed by atoms with Gasteiger partial charge in [0.05, 0.1) is 5.70 Å². The van der Waals surface area contributed by atoms with Gasteiger partial charge in [0.15, 0.2) is 17.0 Å². The third-order valence-electron chi connectivity index (χ3n) is 2.46. The van der Waals surface area contributed by atoms with E-state index >= 15 is 0 Å². The Kier molecular flexibility index (Phi) is 2.23. The predicted molar refractivity (Wildman–Crippen MR) is 68.3 cm³/mol. The number of fused-ring (bicyclic) bond motifs is 1. The Morgan fingerprint density at radius 3 is 2.89 bits per heavy atom. The van der Waals surface area contributed by atoms with E-state index in [1.807, 2.05) is 24.3 Å². The average molecular weight is 242 g/mol. The number of H-pyrrole nitrogens is 2. The Hall–Kier alpha value is -2.83. The molecule has 5 N–H and O–H groups in total. The number of imidazole rings is 1. The minimum atomic E-state index is -0.337. The van der Waals surface area contributed by atoms with Crippen LogP contribution in [0.4, 0.5) is 5.95 Å². The minimum absolute atomic E-state index is 0.0492. The number of nitrogens with zero attached hydrogens (tertiary/aromatic N) is 2. The molecule has 0 amide bonds. The molecule has 90 valence electrons. The van der Waals surface area contributed by atoms with Crippen molar-refractivity contribution in [3.63, 3.8) is 0 Å². The van der Waals surface area contributed by atoms with Crippen molar-refractivity contribution in [3.8, 4) is 0 Å². The monoisotopic (exact) mass is 242 g/mol. The summed E-state index contributed by atoms with van der Waals surface area (Å²) in [5, 5.41) is 3.05. The van der Waals surface area contributed by atoms with Crippen LogP contribution in [0, 0.1) is 0 Å². The van der Waals surface area contributed by atoms with Crippen LogP contribution in [0.15, 0.2) is 35.3 Å². The zero-order valence-corrected chi connectivity index (χ0v) is 9.27. The maximum Gasteiger partial charge on any atom is 0.278 e. The van der Waals surface area contributed by atoms with Gasteiger partial charge in [-0.1, -0.05) is 12.2 Å². The van der Waals surface area contributed by atoms with Crippen LogP contribution in [0.2, 0.25) is 0 Å². The van der Waals surface area contributed by atoms with E-state index in [2.05, 4.69) is 25.3 Å². The molecular formula is C11H10N6O. The number of hydrogen-bond donors (Lipinski definition) is 4. The minimum Gasteiger partial charge on any atom is -0.369 e. The molecule has 18 heavy (non-hydrogen) atoms. The van der Waals surface area contributed by atoms with Crippen molar-refractivity contribution >= 4 is 22.8 Å². The van der Waals surface area contributed by atoms with Gasteiger partial charge in [0.1, 0.15) is 0 Å². The number of hydrogen-bond acceptors (Lipinski definition) is 5. The van der Waals surface area contributed by atoms with Gasteiger partial charge in [-0.05, 0) is 12.2 Å². The van der Waals surface area contributed by atoms with Gasteiger partial charge >= 0.3 is 0 Å². The van der Waals surface area contributed by atoms with Crippen LogP contribution in [-0.2, 0) is 0 Å². The fourth-order valence-corrected chi connectivity index (χ4v) is 1.66. The Bertz CT molecular complexity index is 748. The van der Waals surface area contributed by atoms with Gasteiger partial charge in [-0.2, -0.15) is 4.98 Å². The Morgan fingerprint density at radius 2 is 2.00 bits per heavy atom. The number of aromatic amines is 2. The second-order valence-electron chi connectivity index (χ2n) is 3.70. The van der Waals surface area contributed by atoms with Gasteiger partial charge < -0.3 is 16.0 Å². The van der Waals surface area contributed by atoms with Crippen molar-refractivity contribution in [1.29, 1.82) is 0 Å². The highest BCUT2D eigenvalue weighted by atomic mass is 16.1. The average Bonchev–Trinajstić information content (AvgIpc) is 2.59. The highest BCUT2D eigenvalue weighted by Crippen LogP contribution is 2.12. The summed E-state index contributed by atoms with van der Waals surface area (Å²) < 4.78 is 0. The van der Waals surface area contributed by atoms with E-state index in [4.69, 9.17) is 5.73 Å². The molecule has 2 aromatic rings. The molecule has 1 aliphatic rings. The first-order valence-electron chi connectivity index (χ1n) is 5.30. The molecular weight excluding hydrogens is 232 g/mol. The fraction of sp³-hybridized carbons (Fsp3) is 0. The third-order valence-corrected chi connectivity index (χ3v) is 2.46. The van der Waals surface area contributed by atoms with E-state index in [1.165, 1.54) is 0 Å². The molecule has 0 saturated carbocycles. The number of anilines is 1. The standard InChI is InChI=1S/C11H10N6O/c12-11-16-9-7(10(18)17-11)14-8(15-9)6-4-2-1-3-5-13-6/h1-5,13H,(H4,12,14,15,16,17,18). The molecule has 0 bridgehead atoms. The quantitative estimate of drug-likeness (QED) is 0.572. The summed E-state index contributed by atoms with van der Waals surface area (Å²) in [5.41, 5.74) is 6.48. The highest BCUT2D eigenvalue weighted by molar-refractivity contribution is 5.75. The molecule has 7 nitrogen and oxygen atoms in total. The lowest BCUT2D eigenvalue weighted by Crippen LogP contribution is -2.11. The van der Waals surface area contributed by atoms with Crippen LogP contribution in [-0.4, -0.2) is 19.9 Å². The van der Waals surface area contributed by atoms with Gasteiger partial charge in [0, 0.05) is 6.20 Å². The number of nitrogens with two attached hydrogens (primary N) is 1. The van der Waals surface area contributed by atoms with E-state index in [0.29, 0.717) is 17.0 Å². The number of nitrogens with one attached hydrogen (secondary N) is 3. The number of rotatable bonds is 1. The van der Waals surface area contributed by atoms with Crippen LogP contribution < -0.4 is 16.6 Å². The Labute approximate surface area is 101 Å². The van der Waals surface area contributed by atoms with E-state index in [-0.39, 0.29) is 11.5 Å². The molecule has 1 aliphatic heterocycles. The van der Waals surface area contributed by atoms with Crippen molar-refractivity contribution in [1.82, 2.24) is 25.3 Å². The summed E-state index contributed by atoms with van der Waals surface area (Å²) in [5.74, 6) is 0.581. The summed E-state index contributed by atoms with van der Waals surface area (Å²) in [7, 11) is 0. The topological polar surface area (TPSA) is 112 Å². The van der Waals surface area contributed by atoms with Crippen molar-refractivity contribution in [2.24, 2.45) is 0 Å². The summed E-state index contributed by atoms with van der Waals surface area (Å²) in [4.78, 5) is 25.2. The first-order chi connectivity index (χ1) is 8.74.